The Kier molecular flexibility index (Phi) is 4.37. The van der Waals surface area contributed by atoms with Gasteiger partial charge in [-0.15, -0.1) is 0 Å². The molecule has 0 spiro atoms. The molecule has 2 atom stereocenters. The SMILES string of the molecule is CC1COC(CO)CN1Cc1cncn1C(C)C. The van der Waals surface area contributed by atoms with Crippen molar-refractivity contribution in [2.45, 2.75) is 45.5 Å². The first-order valence-corrected chi connectivity index (χ1v) is 6.59. The third-order valence-corrected chi connectivity index (χ3v) is 3.51. The van der Waals surface area contributed by atoms with Gasteiger partial charge in [-0.1, -0.05) is 0 Å². The number of aromatic nitrogens is 2. The first kappa shape index (κ1) is 13.5. The molecule has 0 amide bonds. The molecule has 1 aromatic rings. The van der Waals surface area contributed by atoms with Crippen molar-refractivity contribution in [1.29, 1.82) is 0 Å². The topological polar surface area (TPSA) is 50.5 Å². The van der Waals surface area contributed by atoms with Crippen molar-refractivity contribution in [2.75, 3.05) is 19.8 Å². The van der Waals surface area contributed by atoms with Crippen molar-refractivity contribution in [3.05, 3.63) is 18.2 Å². The van der Waals surface area contributed by atoms with Crippen LogP contribution in [0.2, 0.25) is 0 Å². The zero-order valence-electron chi connectivity index (χ0n) is 11.4. The van der Waals surface area contributed by atoms with Crippen LogP contribution in [0.5, 0.6) is 0 Å². The minimum Gasteiger partial charge on any atom is -0.394 e. The van der Waals surface area contributed by atoms with Crippen molar-refractivity contribution in [3.63, 3.8) is 0 Å². The molecule has 2 unspecified atom stereocenters. The number of hydrogen-bond acceptors (Lipinski definition) is 4. The molecular weight excluding hydrogens is 230 g/mol. The van der Waals surface area contributed by atoms with Gasteiger partial charge in [-0.2, -0.15) is 0 Å². The average Bonchev–Trinajstić information content (AvgIpc) is 2.80. The fraction of sp³-hybridized carbons (Fsp3) is 0.769. The van der Waals surface area contributed by atoms with Crippen LogP contribution in [0.4, 0.5) is 0 Å². The van der Waals surface area contributed by atoms with Crippen LogP contribution < -0.4 is 0 Å². The summed E-state index contributed by atoms with van der Waals surface area (Å²) in [6.07, 6.45) is 3.75. The van der Waals surface area contributed by atoms with Gasteiger partial charge in [0.1, 0.15) is 0 Å². The van der Waals surface area contributed by atoms with Crippen molar-refractivity contribution < 1.29 is 9.84 Å². The smallest absolute Gasteiger partial charge is 0.0951 e. The summed E-state index contributed by atoms with van der Waals surface area (Å²) < 4.78 is 7.74. The third-order valence-electron chi connectivity index (χ3n) is 3.51. The second-order valence-electron chi connectivity index (χ2n) is 5.30. The lowest BCUT2D eigenvalue weighted by Gasteiger charge is -2.37. The number of rotatable bonds is 4. The fourth-order valence-corrected chi connectivity index (χ4v) is 2.33. The summed E-state index contributed by atoms with van der Waals surface area (Å²) in [5.41, 5.74) is 1.22. The molecule has 5 nitrogen and oxygen atoms in total. The van der Waals surface area contributed by atoms with Crippen molar-refractivity contribution in [1.82, 2.24) is 14.5 Å². The Balaban J connectivity index is 2.05. The summed E-state index contributed by atoms with van der Waals surface area (Å²) in [6.45, 7) is 8.88. The average molecular weight is 253 g/mol. The number of morpholine rings is 1. The highest BCUT2D eigenvalue weighted by Gasteiger charge is 2.26. The zero-order valence-corrected chi connectivity index (χ0v) is 11.4. The minimum absolute atomic E-state index is 0.0587. The van der Waals surface area contributed by atoms with Gasteiger partial charge in [0.2, 0.25) is 0 Å². The van der Waals surface area contributed by atoms with E-state index in [1.54, 1.807) is 0 Å². The predicted octanol–water partition coefficient (Wildman–Crippen LogP) is 1.05. The second-order valence-corrected chi connectivity index (χ2v) is 5.30. The van der Waals surface area contributed by atoms with Gasteiger partial charge >= 0.3 is 0 Å². The molecule has 0 aliphatic carbocycles. The number of aliphatic hydroxyl groups is 1. The molecular formula is C13H23N3O2. The van der Waals surface area contributed by atoms with Gasteiger partial charge < -0.3 is 14.4 Å². The Labute approximate surface area is 108 Å². The standard InChI is InChI=1S/C13H23N3O2/c1-10(2)16-9-14-4-12(16)5-15-6-13(7-17)18-8-11(15)3/h4,9-11,13,17H,5-8H2,1-3H3. The summed E-state index contributed by atoms with van der Waals surface area (Å²) in [5, 5.41) is 9.19. The molecule has 102 valence electrons. The highest BCUT2D eigenvalue weighted by molar-refractivity contribution is 5.00. The van der Waals surface area contributed by atoms with Gasteiger partial charge in [0.25, 0.3) is 0 Å². The molecule has 0 radical (unpaired) electrons. The second kappa shape index (κ2) is 5.82. The lowest BCUT2D eigenvalue weighted by molar-refractivity contribution is -0.0811. The van der Waals surface area contributed by atoms with E-state index < -0.39 is 0 Å². The van der Waals surface area contributed by atoms with Crippen molar-refractivity contribution in [3.8, 4) is 0 Å². The van der Waals surface area contributed by atoms with Crippen molar-refractivity contribution >= 4 is 0 Å². The lowest BCUT2D eigenvalue weighted by atomic mass is 10.2. The van der Waals surface area contributed by atoms with E-state index in [0.717, 1.165) is 13.1 Å². The molecule has 0 aromatic carbocycles. The summed E-state index contributed by atoms with van der Waals surface area (Å²) in [6, 6.07) is 0.802. The first-order chi connectivity index (χ1) is 8.61. The molecule has 1 aromatic heterocycles. The van der Waals surface area contributed by atoms with Gasteiger partial charge in [-0.25, -0.2) is 4.98 Å². The summed E-state index contributed by atoms with van der Waals surface area (Å²) >= 11 is 0. The van der Waals surface area contributed by atoms with Crippen LogP contribution in [0.1, 0.15) is 32.5 Å². The first-order valence-electron chi connectivity index (χ1n) is 6.59. The normalized spacial score (nSPS) is 25.8. The number of ether oxygens (including phenoxy) is 1. The molecule has 0 bridgehead atoms. The van der Waals surface area contributed by atoms with E-state index in [9.17, 15) is 5.11 Å². The number of hydrogen-bond donors (Lipinski definition) is 1. The molecule has 5 heteroatoms. The summed E-state index contributed by atoms with van der Waals surface area (Å²) in [7, 11) is 0. The van der Waals surface area contributed by atoms with E-state index >= 15 is 0 Å². The summed E-state index contributed by atoms with van der Waals surface area (Å²) in [4.78, 5) is 6.58. The molecule has 2 heterocycles. The van der Waals surface area contributed by atoms with Crippen molar-refractivity contribution in [2.24, 2.45) is 0 Å². The van der Waals surface area contributed by atoms with Crippen LogP contribution >= 0.6 is 0 Å². The molecule has 18 heavy (non-hydrogen) atoms. The maximum atomic E-state index is 9.19. The maximum Gasteiger partial charge on any atom is 0.0951 e. The van der Waals surface area contributed by atoms with Gasteiger partial charge in [0.15, 0.2) is 0 Å². The van der Waals surface area contributed by atoms with E-state index in [4.69, 9.17) is 4.74 Å². The van der Waals surface area contributed by atoms with Crippen LogP contribution in [-0.4, -0.2) is 51.5 Å². The van der Waals surface area contributed by atoms with Gasteiger partial charge in [0.05, 0.1) is 31.3 Å². The highest BCUT2D eigenvalue weighted by Crippen LogP contribution is 2.17. The highest BCUT2D eigenvalue weighted by atomic mass is 16.5. The third kappa shape index (κ3) is 2.91. The molecule has 1 aliphatic heterocycles. The van der Waals surface area contributed by atoms with Crippen LogP contribution in [-0.2, 0) is 11.3 Å². The van der Waals surface area contributed by atoms with Gasteiger partial charge in [0, 0.05) is 31.4 Å². The quantitative estimate of drug-likeness (QED) is 0.871. The number of nitrogens with zero attached hydrogens (tertiary/aromatic N) is 3. The predicted molar refractivity (Wildman–Crippen MR) is 69.3 cm³/mol. The molecule has 1 fully saturated rings. The Morgan fingerprint density at radius 1 is 1.56 bits per heavy atom. The fourth-order valence-electron chi connectivity index (χ4n) is 2.33. The van der Waals surface area contributed by atoms with E-state index in [-0.39, 0.29) is 12.7 Å². The monoisotopic (exact) mass is 253 g/mol. The van der Waals surface area contributed by atoms with E-state index in [2.05, 4.69) is 35.2 Å². The Morgan fingerprint density at radius 3 is 3.00 bits per heavy atom. The van der Waals surface area contributed by atoms with E-state index in [1.165, 1.54) is 5.69 Å². The number of aliphatic hydroxyl groups excluding tert-OH is 1. The maximum absolute atomic E-state index is 9.19. The zero-order chi connectivity index (χ0) is 13.1. The Hall–Kier alpha value is -0.910. The Morgan fingerprint density at radius 2 is 2.33 bits per heavy atom. The number of imidazole rings is 1. The molecule has 1 aliphatic rings. The van der Waals surface area contributed by atoms with E-state index in [1.807, 2.05) is 12.5 Å². The minimum atomic E-state index is -0.0587. The molecule has 1 saturated heterocycles. The van der Waals surface area contributed by atoms with Crippen LogP contribution in [0.3, 0.4) is 0 Å². The van der Waals surface area contributed by atoms with Gasteiger partial charge in [-0.3, -0.25) is 4.90 Å². The van der Waals surface area contributed by atoms with Crippen LogP contribution in [0, 0.1) is 0 Å². The lowest BCUT2D eigenvalue weighted by Crippen LogP contribution is -2.49. The van der Waals surface area contributed by atoms with Gasteiger partial charge in [-0.05, 0) is 20.8 Å². The molecule has 2 rings (SSSR count). The van der Waals surface area contributed by atoms with Crippen LogP contribution in [0.25, 0.3) is 0 Å². The van der Waals surface area contributed by atoms with E-state index in [0.29, 0.717) is 18.7 Å². The largest absolute Gasteiger partial charge is 0.394 e. The molecule has 1 N–H and O–H groups in total. The Bertz CT molecular complexity index is 378. The van der Waals surface area contributed by atoms with Crippen LogP contribution in [0.15, 0.2) is 12.5 Å². The summed E-state index contributed by atoms with van der Waals surface area (Å²) in [5.74, 6) is 0. The molecule has 0 saturated carbocycles.